The van der Waals surface area contributed by atoms with Crippen molar-refractivity contribution in [1.29, 1.82) is 0 Å². The Morgan fingerprint density at radius 3 is 2.57 bits per heavy atom. The molecule has 0 aliphatic carbocycles. The molecule has 23 heavy (non-hydrogen) atoms. The topological polar surface area (TPSA) is 64.6 Å². The molecule has 0 radical (unpaired) electrons. The van der Waals surface area contributed by atoms with E-state index in [1.54, 1.807) is 18.2 Å². The van der Waals surface area contributed by atoms with Gasteiger partial charge in [-0.25, -0.2) is 4.79 Å². The molecule has 0 aliphatic rings. The summed E-state index contributed by atoms with van der Waals surface area (Å²) >= 11 is 0. The molecule has 1 rings (SSSR count). The SMILES string of the molecule is C=C=CCCC[C@H](NC(=O)[C@H](OC)c1ccccc1)C(=O)OC. The minimum Gasteiger partial charge on any atom is -0.467 e. The van der Waals surface area contributed by atoms with E-state index in [0.717, 1.165) is 12.0 Å². The summed E-state index contributed by atoms with van der Waals surface area (Å²) < 4.78 is 10.0. The number of ether oxygens (including phenoxy) is 2. The Labute approximate surface area is 137 Å². The predicted molar refractivity (Wildman–Crippen MR) is 87.7 cm³/mol. The van der Waals surface area contributed by atoms with E-state index in [-0.39, 0.29) is 5.91 Å². The number of esters is 1. The summed E-state index contributed by atoms with van der Waals surface area (Å²) in [7, 11) is 2.76. The highest BCUT2D eigenvalue weighted by Crippen LogP contribution is 2.17. The number of amides is 1. The van der Waals surface area contributed by atoms with Gasteiger partial charge in [0.1, 0.15) is 6.04 Å². The first kappa shape index (κ1) is 18.7. The molecule has 1 aromatic rings. The largest absolute Gasteiger partial charge is 0.467 e. The van der Waals surface area contributed by atoms with Crippen molar-refractivity contribution in [1.82, 2.24) is 5.32 Å². The van der Waals surface area contributed by atoms with Gasteiger partial charge >= 0.3 is 5.97 Å². The van der Waals surface area contributed by atoms with E-state index in [9.17, 15) is 9.59 Å². The van der Waals surface area contributed by atoms with Crippen molar-refractivity contribution in [2.24, 2.45) is 0 Å². The highest BCUT2D eigenvalue weighted by atomic mass is 16.5. The molecule has 1 N–H and O–H groups in total. The Hall–Kier alpha value is -2.36. The van der Waals surface area contributed by atoms with Crippen molar-refractivity contribution >= 4 is 11.9 Å². The van der Waals surface area contributed by atoms with Gasteiger partial charge in [-0.1, -0.05) is 36.9 Å². The maximum absolute atomic E-state index is 12.4. The van der Waals surface area contributed by atoms with Gasteiger partial charge in [-0.3, -0.25) is 4.79 Å². The molecule has 0 saturated heterocycles. The van der Waals surface area contributed by atoms with Gasteiger partial charge in [0.15, 0.2) is 6.10 Å². The number of hydrogen-bond acceptors (Lipinski definition) is 4. The van der Waals surface area contributed by atoms with Crippen molar-refractivity contribution in [2.75, 3.05) is 14.2 Å². The van der Waals surface area contributed by atoms with E-state index in [1.165, 1.54) is 14.2 Å². The zero-order valence-electron chi connectivity index (χ0n) is 13.6. The van der Waals surface area contributed by atoms with Crippen LogP contribution < -0.4 is 5.32 Å². The van der Waals surface area contributed by atoms with E-state index in [1.807, 2.05) is 18.2 Å². The lowest BCUT2D eigenvalue weighted by molar-refractivity contribution is -0.147. The first-order valence-corrected chi connectivity index (χ1v) is 7.44. The predicted octanol–water partition coefficient (Wildman–Crippen LogP) is 2.54. The third-order valence-electron chi connectivity index (χ3n) is 3.36. The molecular weight excluding hydrogens is 294 g/mol. The molecule has 124 valence electrons. The monoisotopic (exact) mass is 317 g/mol. The van der Waals surface area contributed by atoms with Crippen LogP contribution in [0.3, 0.4) is 0 Å². The number of carbonyl (C=O) groups is 2. The third-order valence-corrected chi connectivity index (χ3v) is 3.36. The molecule has 0 bridgehead atoms. The zero-order valence-corrected chi connectivity index (χ0v) is 13.6. The van der Waals surface area contributed by atoms with Gasteiger partial charge in [0.2, 0.25) is 0 Å². The Kier molecular flexibility index (Phi) is 8.43. The van der Waals surface area contributed by atoms with Crippen LogP contribution in [0.25, 0.3) is 0 Å². The fraction of sp³-hybridized carbons (Fsp3) is 0.389. The molecule has 0 aromatic heterocycles. The fourth-order valence-corrected chi connectivity index (χ4v) is 2.19. The van der Waals surface area contributed by atoms with Crippen LogP contribution in [0.1, 0.15) is 30.9 Å². The number of rotatable bonds is 9. The highest BCUT2D eigenvalue weighted by molar-refractivity contribution is 5.87. The zero-order chi connectivity index (χ0) is 17.1. The van der Waals surface area contributed by atoms with Gasteiger partial charge in [-0.15, -0.1) is 5.73 Å². The van der Waals surface area contributed by atoms with Gasteiger partial charge in [0, 0.05) is 7.11 Å². The van der Waals surface area contributed by atoms with Crippen molar-refractivity contribution in [3.05, 3.63) is 54.3 Å². The molecule has 0 aliphatic heterocycles. The van der Waals surface area contributed by atoms with E-state index in [2.05, 4.69) is 17.6 Å². The molecule has 2 atom stereocenters. The first-order chi connectivity index (χ1) is 11.1. The summed E-state index contributed by atoms with van der Waals surface area (Å²) in [5, 5.41) is 2.71. The van der Waals surface area contributed by atoms with E-state index < -0.39 is 18.1 Å². The summed E-state index contributed by atoms with van der Waals surface area (Å²) in [6.07, 6.45) is 2.95. The number of benzene rings is 1. The van der Waals surface area contributed by atoms with Gasteiger partial charge in [-0.05, 0) is 30.9 Å². The average molecular weight is 317 g/mol. The Morgan fingerprint density at radius 1 is 1.30 bits per heavy atom. The van der Waals surface area contributed by atoms with Crippen LogP contribution in [-0.4, -0.2) is 32.1 Å². The van der Waals surface area contributed by atoms with Crippen LogP contribution in [0, 0.1) is 0 Å². The first-order valence-electron chi connectivity index (χ1n) is 7.44. The Bertz CT molecular complexity index is 549. The molecule has 0 unspecified atom stereocenters. The van der Waals surface area contributed by atoms with E-state index in [0.29, 0.717) is 12.8 Å². The lowest BCUT2D eigenvalue weighted by Crippen LogP contribution is -2.44. The van der Waals surface area contributed by atoms with Crippen molar-refractivity contribution < 1.29 is 19.1 Å². The van der Waals surface area contributed by atoms with E-state index in [4.69, 9.17) is 9.47 Å². The molecule has 0 saturated carbocycles. The molecule has 0 heterocycles. The van der Waals surface area contributed by atoms with Crippen molar-refractivity contribution in [2.45, 2.75) is 31.4 Å². The number of hydrogen-bond donors (Lipinski definition) is 1. The minimum atomic E-state index is -0.767. The van der Waals surface area contributed by atoms with E-state index >= 15 is 0 Å². The van der Waals surface area contributed by atoms with Crippen LogP contribution in [-0.2, 0) is 19.1 Å². The van der Waals surface area contributed by atoms with Gasteiger partial charge < -0.3 is 14.8 Å². The number of nitrogens with one attached hydrogen (secondary N) is 1. The molecular formula is C18H23NO4. The molecule has 1 amide bonds. The molecule has 5 nitrogen and oxygen atoms in total. The van der Waals surface area contributed by atoms with Gasteiger partial charge in [0.05, 0.1) is 7.11 Å². The van der Waals surface area contributed by atoms with Gasteiger partial charge in [0.25, 0.3) is 5.91 Å². The fourth-order valence-electron chi connectivity index (χ4n) is 2.19. The normalized spacial score (nSPS) is 12.6. The maximum Gasteiger partial charge on any atom is 0.328 e. The van der Waals surface area contributed by atoms with Crippen LogP contribution in [0.4, 0.5) is 0 Å². The Balaban J connectivity index is 2.74. The lowest BCUT2D eigenvalue weighted by Gasteiger charge is -2.20. The number of allylic oxidation sites excluding steroid dienone is 1. The second kappa shape index (κ2) is 10.4. The van der Waals surface area contributed by atoms with Crippen LogP contribution >= 0.6 is 0 Å². The van der Waals surface area contributed by atoms with Crippen molar-refractivity contribution in [3.8, 4) is 0 Å². The standard InChI is InChI=1S/C18H23NO4/c1-4-5-6-10-13-15(18(21)23-3)19-17(20)16(22-2)14-11-8-7-9-12-14/h5,7-9,11-12,15-16H,1,6,10,13H2,2-3H3,(H,19,20)/t15-,16+/m0/s1. The summed E-state index contributed by atoms with van der Waals surface area (Å²) in [6.45, 7) is 3.49. The highest BCUT2D eigenvalue weighted by Gasteiger charge is 2.26. The second-order valence-electron chi connectivity index (χ2n) is 4.95. The summed E-state index contributed by atoms with van der Waals surface area (Å²) in [6, 6.07) is 8.42. The molecule has 5 heteroatoms. The number of methoxy groups -OCH3 is 2. The molecule has 0 fully saturated rings. The summed E-state index contributed by atoms with van der Waals surface area (Å²) in [5.41, 5.74) is 3.40. The smallest absolute Gasteiger partial charge is 0.328 e. The van der Waals surface area contributed by atoms with Crippen LogP contribution in [0.2, 0.25) is 0 Å². The summed E-state index contributed by atoms with van der Waals surface area (Å²) in [4.78, 5) is 24.3. The molecule has 0 spiro atoms. The van der Waals surface area contributed by atoms with Gasteiger partial charge in [-0.2, -0.15) is 0 Å². The van der Waals surface area contributed by atoms with Crippen LogP contribution in [0.5, 0.6) is 0 Å². The lowest BCUT2D eigenvalue weighted by atomic mass is 10.1. The number of carbonyl (C=O) groups excluding carboxylic acids is 2. The molecule has 1 aromatic carbocycles. The minimum absolute atomic E-state index is 0.367. The average Bonchev–Trinajstić information content (AvgIpc) is 2.58. The second-order valence-corrected chi connectivity index (χ2v) is 4.95. The summed E-state index contributed by atoms with van der Waals surface area (Å²) in [5.74, 6) is -0.836. The third kappa shape index (κ3) is 6.10. The van der Waals surface area contributed by atoms with Crippen LogP contribution in [0.15, 0.2) is 48.7 Å². The maximum atomic E-state index is 12.4. The number of unbranched alkanes of at least 4 members (excludes halogenated alkanes) is 1. The quantitative estimate of drug-likeness (QED) is 0.432. The van der Waals surface area contributed by atoms with Crippen molar-refractivity contribution in [3.63, 3.8) is 0 Å². The Morgan fingerprint density at radius 2 is 2.00 bits per heavy atom.